The normalized spacial score (nSPS) is 21.8. The average molecular weight is 301 g/mol. The summed E-state index contributed by atoms with van der Waals surface area (Å²) in [6.45, 7) is 3.38. The second kappa shape index (κ2) is 6.18. The molecule has 1 aliphatic rings. The standard InChI is InChI=1S/C17H23N3O2/c1-12-5-3-8-16-18-14(9-17(22)20(12)16)11-19(2)10-13-6-4-7-15(13)21/h3,5,8-9,13,15,21H,4,6-7,10-11H2,1-2H3. The van der Waals surface area contributed by atoms with Crippen LogP contribution in [0, 0.1) is 12.8 Å². The van der Waals surface area contributed by atoms with Crippen molar-refractivity contribution in [3.8, 4) is 0 Å². The van der Waals surface area contributed by atoms with Gasteiger partial charge in [0.25, 0.3) is 5.56 Å². The fourth-order valence-corrected chi connectivity index (χ4v) is 3.42. The van der Waals surface area contributed by atoms with E-state index in [9.17, 15) is 9.90 Å². The van der Waals surface area contributed by atoms with Crippen molar-refractivity contribution in [1.82, 2.24) is 14.3 Å². The van der Waals surface area contributed by atoms with E-state index in [0.29, 0.717) is 18.1 Å². The second-order valence-electron chi connectivity index (χ2n) is 6.40. The molecule has 5 nitrogen and oxygen atoms in total. The summed E-state index contributed by atoms with van der Waals surface area (Å²) in [5.74, 6) is 0.341. The Bertz CT molecular complexity index is 725. The molecule has 22 heavy (non-hydrogen) atoms. The number of pyridine rings is 1. The molecule has 2 aromatic rings. The summed E-state index contributed by atoms with van der Waals surface area (Å²) in [5.41, 5.74) is 2.33. The van der Waals surface area contributed by atoms with Crippen LogP contribution in [0.5, 0.6) is 0 Å². The topological polar surface area (TPSA) is 57.8 Å². The third-order valence-corrected chi connectivity index (χ3v) is 4.53. The number of aliphatic hydroxyl groups is 1. The molecule has 0 amide bonds. The summed E-state index contributed by atoms with van der Waals surface area (Å²) in [5, 5.41) is 9.92. The van der Waals surface area contributed by atoms with Gasteiger partial charge in [-0.05, 0) is 44.9 Å². The lowest BCUT2D eigenvalue weighted by molar-refractivity contribution is 0.107. The molecule has 1 N–H and O–H groups in total. The molecule has 118 valence electrons. The summed E-state index contributed by atoms with van der Waals surface area (Å²) in [6.07, 6.45) is 2.92. The largest absolute Gasteiger partial charge is 0.393 e. The van der Waals surface area contributed by atoms with E-state index in [1.165, 1.54) is 0 Å². The van der Waals surface area contributed by atoms with E-state index in [0.717, 1.165) is 37.2 Å². The monoisotopic (exact) mass is 301 g/mol. The van der Waals surface area contributed by atoms with Gasteiger partial charge < -0.3 is 10.0 Å². The Morgan fingerprint density at radius 3 is 2.95 bits per heavy atom. The smallest absolute Gasteiger partial charge is 0.258 e. The number of aliphatic hydroxyl groups excluding tert-OH is 1. The lowest BCUT2D eigenvalue weighted by Gasteiger charge is -2.22. The third kappa shape index (κ3) is 3.05. The number of nitrogens with zero attached hydrogens (tertiary/aromatic N) is 3. The molecule has 0 aliphatic heterocycles. The minimum atomic E-state index is -0.180. The highest BCUT2D eigenvalue weighted by atomic mass is 16.3. The van der Waals surface area contributed by atoms with Crippen molar-refractivity contribution in [2.24, 2.45) is 5.92 Å². The zero-order valence-corrected chi connectivity index (χ0v) is 13.2. The molecule has 2 aromatic heterocycles. The zero-order valence-electron chi connectivity index (χ0n) is 13.2. The van der Waals surface area contributed by atoms with E-state index in [2.05, 4.69) is 9.88 Å². The number of aromatic nitrogens is 2. The van der Waals surface area contributed by atoms with Gasteiger partial charge in [-0.1, -0.05) is 12.5 Å². The van der Waals surface area contributed by atoms with E-state index in [1.54, 1.807) is 10.5 Å². The quantitative estimate of drug-likeness (QED) is 0.932. The highest BCUT2D eigenvalue weighted by Crippen LogP contribution is 2.26. The first-order chi connectivity index (χ1) is 10.5. The Labute approximate surface area is 130 Å². The minimum Gasteiger partial charge on any atom is -0.393 e. The van der Waals surface area contributed by atoms with Gasteiger partial charge in [-0.2, -0.15) is 0 Å². The van der Waals surface area contributed by atoms with Gasteiger partial charge in [0.05, 0.1) is 11.8 Å². The molecule has 5 heteroatoms. The van der Waals surface area contributed by atoms with Crippen LogP contribution < -0.4 is 5.56 Å². The van der Waals surface area contributed by atoms with Gasteiger partial charge in [-0.3, -0.25) is 9.20 Å². The van der Waals surface area contributed by atoms with Gasteiger partial charge in [-0.25, -0.2) is 4.98 Å². The molecule has 2 unspecified atom stereocenters. The molecule has 0 aromatic carbocycles. The highest BCUT2D eigenvalue weighted by molar-refractivity contribution is 5.40. The Morgan fingerprint density at radius 2 is 2.23 bits per heavy atom. The lowest BCUT2D eigenvalue weighted by Crippen LogP contribution is -2.30. The van der Waals surface area contributed by atoms with Crippen LogP contribution in [0.3, 0.4) is 0 Å². The first-order valence-electron chi connectivity index (χ1n) is 7.89. The summed E-state index contributed by atoms with van der Waals surface area (Å²) in [4.78, 5) is 19.0. The predicted molar refractivity (Wildman–Crippen MR) is 85.9 cm³/mol. The molecule has 0 bridgehead atoms. The third-order valence-electron chi connectivity index (χ3n) is 4.53. The van der Waals surface area contributed by atoms with Crippen LogP contribution in [0.2, 0.25) is 0 Å². The maximum atomic E-state index is 12.3. The van der Waals surface area contributed by atoms with Crippen LogP contribution in [-0.2, 0) is 6.54 Å². The molecule has 0 radical (unpaired) electrons. The predicted octanol–water partition coefficient (Wildman–Crippen LogP) is 1.60. The minimum absolute atomic E-state index is 0.0348. The molecule has 1 saturated carbocycles. The van der Waals surface area contributed by atoms with Crippen molar-refractivity contribution in [1.29, 1.82) is 0 Å². The summed E-state index contributed by atoms with van der Waals surface area (Å²) in [7, 11) is 2.02. The van der Waals surface area contributed by atoms with Crippen LogP contribution in [0.25, 0.3) is 5.65 Å². The molecule has 1 aliphatic carbocycles. The van der Waals surface area contributed by atoms with Crippen LogP contribution in [-0.4, -0.2) is 39.1 Å². The Hall–Kier alpha value is -1.72. The maximum Gasteiger partial charge on any atom is 0.258 e. The number of rotatable bonds is 4. The number of fused-ring (bicyclic) bond motifs is 1. The second-order valence-corrected chi connectivity index (χ2v) is 6.40. The summed E-state index contributed by atoms with van der Waals surface area (Å²) >= 11 is 0. The van der Waals surface area contributed by atoms with Crippen LogP contribution in [0.15, 0.2) is 29.1 Å². The molecule has 1 fully saturated rings. The molecule has 0 spiro atoms. The molecule has 2 atom stereocenters. The summed E-state index contributed by atoms with van der Waals surface area (Å²) < 4.78 is 1.63. The van der Waals surface area contributed by atoms with E-state index in [-0.39, 0.29) is 11.7 Å². The van der Waals surface area contributed by atoms with Crippen molar-refractivity contribution in [3.05, 3.63) is 46.0 Å². The Morgan fingerprint density at radius 1 is 1.41 bits per heavy atom. The average Bonchev–Trinajstić information content (AvgIpc) is 2.83. The van der Waals surface area contributed by atoms with Crippen molar-refractivity contribution < 1.29 is 5.11 Å². The number of hydrogen-bond donors (Lipinski definition) is 1. The maximum absolute atomic E-state index is 12.3. The van der Waals surface area contributed by atoms with Crippen molar-refractivity contribution in [2.45, 2.75) is 38.8 Å². The van der Waals surface area contributed by atoms with Crippen molar-refractivity contribution in [3.63, 3.8) is 0 Å². The van der Waals surface area contributed by atoms with Gasteiger partial charge in [0, 0.05) is 24.8 Å². The first-order valence-corrected chi connectivity index (χ1v) is 7.89. The van der Waals surface area contributed by atoms with Gasteiger partial charge in [0.15, 0.2) is 0 Å². The molecule has 3 rings (SSSR count). The van der Waals surface area contributed by atoms with E-state index < -0.39 is 0 Å². The molecule has 2 heterocycles. The first kappa shape index (κ1) is 15.2. The van der Waals surface area contributed by atoms with E-state index in [4.69, 9.17) is 0 Å². The van der Waals surface area contributed by atoms with Gasteiger partial charge >= 0.3 is 0 Å². The Kier molecular flexibility index (Phi) is 4.27. The highest BCUT2D eigenvalue weighted by Gasteiger charge is 2.26. The van der Waals surface area contributed by atoms with Crippen molar-refractivity contribution >= 4 is 5.65 Å². The fraction of sp³-hybridized carbons (Fsp3) is 0.529. The van der Waals surface area contributed by atoms with Crippen LogP contribution >= 0.6 is 0 Å². The number of aryl methyl sites for hydroxylation is 1. The SMILES string of the molecule is Cc1cccc2nc(CN(C)CC3CCCC3O)cc(=O)n12. The fourth-order valence-electron chi connectivity index (χ4n) is 3.42. The molecule has 0 saturated heterocycles. The van der Waals surface area contributed by atoms with Crippen LogP contribution in [0.4, 0.5) is 0 Å². The Balaban J connectivity index is 1.78. The van der Waals surface area contributed by atoms with E-state index in [1.807, 2.05) is 32.2 Å². The zero-order chi connectivity index (χ0) is 15.7. The van der Waals surface area contributed by atoms with Gasteiger partial charge in [-0.15, -0.1) is 0 Å². The van der Waals surface area contributed by atoms with Gasteiger partial charge in [0.2, 0.25) is 0 Å². The van der Waals surface area contributed by atoms with Crippen LogP contribution in [0.1, 0.15) is 30.7 Å². The lowest BCUT2D eigenvalue weighted by atomic mass is 10.1. The van der Waals surface area contributed by atoms with Crippen molar-refractivity contribution in [2.75, 3.05) is 13.6 Å². The molecular formula is C17H23N3O2. The molecular weight excluding hydrogens is 278 g/mol. The summed E-state index contributed by atoms with van der Waals surface area (Å²) in [6, 6.07) is 7.29. The van der Waals surface area contributed by atoms with Gasteiger partial charge in [0.1, 0.15) is 5.65 Å². The number of hydrogen-bond acceptors (Lipinski definition) is 4. The van der Waals surface area contributed by atoms with E-state index >= 15 is 0 Å².